The van der Waals surface area contributed by atoms with Gasteiger partial charge in [-0.15, -0.1) is 0 Å². The Kier molecular flexibility index (Phi) is 3.93. The number of hydrogen-bond donors (Lipinski definition) is 1. The lowest BCUT2D eigenvalue weighted by atomic mass is 10.3. The first-order valence-corrected chi connectivity index (χ1v) is 6.31. The van der Waals surface area contributed by atoms with Gasteiger partial charge < -0.3 is 9.63 Å². The van der Waals surface area contributed by atoms with Gasteiger partial charge in [0, 0.05) is 12.6 Å². The molecular formula is C11H11N3O3S. The number of aryl methyl sites for hydroxylation is 1. The summed E-state index contributed by atoms with van der Waals surface area (Å²) < 4.78 is 4.98. The molecule has 2 rings (SSSR count). The minimum atomic E-state index is -0.966. The lowest BCUT2D eigenvalue weighted by molar-refractivity contribution is 0.0696. The highest BCUT2D eigenvalue weighted by molar-refractivity contribution is 7.98. The second-order valence-corrected chi connectivity index (χ2v) is 4.43. The highest BCUT2D eigenvalue weighted by Crippen LogP contribution is 2.20. The molecule has 1 N–H and O–H groups in total. The second kappa shape index (κ2) is 5.63. The number of carboxylic acids is 1. The Morgan fingerprint density at radius 1 is 1.56 bits per heavy atom. The van der Waals surface area contributed by atoms with Crippen LogP contribution in [-0.2, 0) is 12.2 Å². The molecule has 0 spiro atoms. The lowest BCUT2D eigenvalue weighted by Crippen LogP contribution is -1.97. The van der Waals surface area contributed by atoms with Crippen LogP contribution in [-0.4, -0.2) is 26.2 Å². The summed E-state index contributed by atoms with van der Waals surface area (Å²) in [4.78, 5) is 19.0. The predicted molar refractivity (Wildman–Crippen MR) is 64.4 cm³/mol. The number of aromatic carboxylic acids is 1. The smallest absolute Gasteiger partial charge is 0.335 e. The first kappa shape index (κ1) is 12.6. The van der Waals surface area contributed by atoms with Crippen molar-refractivity contribution in [3.63, 3.8) is 0 Å². The van der Waals surface area contributed by atoms with Crippen molar-refractivity contribution >= 4 is 17.7 Å². The van der Waals surface area contributed by atoms with Gasteiger partial charge in [-0.1, -0.05) is 23.8 Å². The summed E-state index contributed by atoms with van der Waals surface area (Å²) in [6, 6.07) is 2.98. The van der Waals surface area contributed by atoms with Crippen LogP contribution in [0.15, 0.2) is 27.9 Å². The number of thioether (sulfide) groups is 1. The van der Waals surface area contributed by atoms with Gasteiger partial charge in [0.05, 0.1) is 16.3 Å². The molecule has 7 heteroatoms. The third-order valence-corrected chi connectivity index (χ3v) is 3.07. The predicted octanol–water partition coefficient (Wildman–Crippen LogP) is 2.02. The van der Waals surface area contributed by atoms with Crippen LogP contribution in [0.25, 0.3) is 0 Å². The van der Waals surface area contributed by atoms with E-state index in [0.717, 1.165) is 0 Å². The van der Waals surface area contributed by atoms with Crippen molar-refractivity contribution < 1.29 is 14.4 Å². The molecular weight excluding hydrogens is 254 g/mol. The Balaban J connectivity index is 2.01. The Labute approximate surface area is 107 Å². The molecule has 0 fully saturated rings. The monoisotopic (exact) mass is 265 g/mol. The number of carboxylic acid groups (broad SMARTS) is 1. The van der Waals surface area contributed by atoms with Crippen LogP contribution >= 0.6 is 11.8 Å². The average Bonchev–Trinajstić information content (AvgIpc) is 2.84. The largest absolute Gasteiger partial charge is 0.478 e. The van der Waals surface area contributed by atoms with Gasteiger partial charge in [-0.25, -0.2) is 9.78 Å². The van der Waals surface area contributed by atoms with Gasteiger partial charge in [0.1, 0.15) is 0 Å². The molecule has 2 aromatic rings. The van der Waals surface area contributed by atoms with Crippen LogP contribution in [0.2, 0.25) is 0 Å². The summed E-state index contributed by atoms with van der Waals surface area (Å²) in [6.45, 7) is 1.93. The number of nitrogens with zero attached hydrogens (tertiary/aromatic N) is 3. The summed E-state index contributed by atoms with van der Waals surface area (Å²) in [5, 5.41) is 13.3. The van der Waals surface area contributed by atoms with Crippen molar-refractivity contribution in [1.29, 1.82) is 0 Å². The molecule has 2 heterocycles. The van der Waals surface area contributed by atoms with Crippen molar-refractivity contribution in [2.24, 2.45) is 0 Å². The van der Waals surface area contributed by atoms with Gasteiger partial charge in [-0.2, -0.15) is 4.98 Å². The number of rotatable bonds is 5. The number of hydrogen-bond acceptors (Lipinski definition) is 6. The number of aromatic nitrogens is 3. The molecule has 0 aromatic carbocycles. The van der Waals surface area contributed by atoms with E-state index >= 15 is 0 Å². The minimum absolute atomic E-state index is 0.217. The van der Waals surface area contributed by atoms with E-state index in [9.17, 15) is 4.79 Å². The zero-order valence-corrected chi connectivity index (χ0v) is 10.5. The average molecular weight is 265 g/mol. The van der Waals surface area contributed by atoms with Crippen molar-refractivity contribution in [3.05, 3.63) is 35.6 Å². The van der Waals surface area contributed by atoms with E-state index in [1.807, 2.05) is 6.92 Å². The van der Waals surface area contributed by atoms with Gasteiger partial charge in [0.25, 0.3) is 0 Å². The highest BCUT2D eigenvalue weighted by Gasteiger charge is 2.08. The topological polar surface area (TPSA) is 89.1 Å². The van der Waals surface area contributed by atoms with Crippen LogP contribution in [0.5, 0.6) is 0 Å². The quantitative estimate of drug-likeness (QED) is 0.827. The molecule has 0 atom stereocenters. The fraction of sp³-hybridized carbons (Fsp3) is 0.273. The summed E-state index contributed by atoms with van der Waals surface area (Å²) in [7, 11) is 0. The van der Waals surface area contributed by atoms with Crippen molar-refractivity contribution in [3.8, 4) is 0 Å². The van der Waals surface area contributed by atoms with Crippen molar-refractivity contribution in [2.75, 3.05) is 0 Å². The van der Waals surface area contributed by atoms with Crippen molar-refractivity contribution in [2.45, 2.75) is 24.1 Å². The van der Waals surface area contributed by atoms with Crippen LogP contribution in [0.1, 0.15) is 29.0 Å². The molecule has 0 aliphatic carbocycles. The summed E-state index contributed by atoms with van der Waals surface area (Å²) in [5.74, 6) is 0.712. The first-order valence-electron chi connectivity index (χ1n) is 5.32. The Hall–Kier alpha value is -1.89. The third kappa shape index (κ3) is 3.07. The molecule has 0 amide bonds. The molecule has 2 aromatic heterocycles. The molecule has 6 nitrogen and oxygen atoms in total. The van der Waals surface area contributed by atoms with Crippen LogP contribution in [0.3, 0.4) is 0 Å². The fourth-order valence-electron chi connectivity index (χ4n) is 1.25. The molecule has 0 radical (unpaired) electrons. The van der Waals surface area contributed by atoms with Gasteiger partial charge in [-0.05, 0) is 12.1 Å². The van der Waals surface area contributed by atoms with Crippen LogP contribution in [0, 0.1) is 0 Å². The minimum Gasteiger partial charge on any atom is -0.478 e. The zero-order valence-electron chi connectivity index (χ0n) is 9.66. The van der Waals surface area contributed by atoms with E-state index in [2.05, 4.69) is 15.1 Å². The molecule has 18 heavy (non-hydrogen) atoms. The Bertz CT molecular complexity index is 556. The molecule has 0 saturated carbocycles. The number of carbonyl (C=O) groups is 1. The first-order chi connectivity index (χ1) is 8.69. The molecule has 0 unspecified atom stereocenters. The standard InChI is InChI=1S/C11H11N3O3S/c1-2-9-13-8(14-17-9)6-18-10-5-7(11(15)16)3-4-12-10/h3-5H,2,6H2,1H3,(H,15,16). The Morgan fingerprint density at radius 3 is 3.06 bits per heavy atom. The maximum atomic E-state index is 10.8. The van der Waals surface area contributed by atoms with Crippen LogP contribution < -0.4 is 0 Å². The summed E-state index contributed by atoms with van der Waals surface area (Å²) >= 11 is 1.37. The van der Waals surface area contributed by atoms with E-state index in [0.29, 0.717) is 28.9 Å². The highest BCUT2D eigenvalue weighted by atomic mass is 32.2. The summed E-state index contributed by atoms with van der Waals surface area (Å²) in [5.41, 5.74) is 0.217. The van der Waals surface area contributed by atoms with Crippen molar-refractivity contribution in [1.82, 2.24) is 15.1 Å². The molecule has 0 saturated heterocycles. The van der Waals surface area contributed by atoms with E-state index in [-0.39, 0.29) is 5.56 Å². The van der Waals surface area contributed by atoms with Gasteiger partial charge in [0.15, 0.2) is 5.82 Å². The van der Waals surface area contributed by atoms with Crippen LogP contribution in [0.4, 0.5) is 0 Å². The summed E-state index contributed by atoms with van der Waals surface area (Å²) in [6.07, 6.45) is 2.17. The normalized spacial score (nSPS) is 10.5. The SMILES string of the molecule is CCc1nc(CSc2cc(C(=O)O)ccn2)no1. The molecule has 0 aliphatic heterocycles. The van der Waals surface area contributed by atoms with E-state index in [4.69, 9.17) is 9.63 Å². The lowest BCUT2D eigenvalue weighted by Gasteiger charge is -1.99. The second-order valence-electron chi connectivity index (χ2n) is 3.43. The van der Waals surface area contributed by atoms with Gasteiger partial charge in [-0.3, -0.25) is 0 Å². The van der Waals surface area contributed by atoms with E-state index in [1.54, 1.807) is 0 Å². The molecule has 0 bridgehead atoms. The van der Waals surface area contributed by atoms with Gasteiger partial charge in [0.2, 0.25) is 5.89 Å². The maximum absolute atomic E-state index is 10.8. The fourth-order valence-corrected chi connectivity index (χ4v) is 1.99. The Morgan fingerprint density at radius 2 is 2.39 bits per heavy atom. The molecule has 0 aliphatic rings. The maximum Gasteiger partial charge on any atom is 0.335 e. The van der Waals surface area contributed by atoms with E-state index < -0.39 is 5.97 Å². The van der Waals surface area contributed by atoms with Gasteiger partial charge >= 0.3 is 5.97 Å². The molecule has 94 valence electrons. The van der Waals surface area contributed by atoms with E-state index in [1.165, 1.54) is 30.1 Å². The third-order valence-electron chi connectivity index (χ3n) is 2.14. The zero-order chi connectivity index (χ0) is 13.0. The number of pyridine rings is 1.